The van der Waals surface area contributed by atoms with Gasteiger partial charge in [-0.3, -0.25) is 0 Å². The van der Waals surface area contributed by atoms with E-state index in [1.54, 1.807) is 0 Å². The van der Waals surface area contributed by atoms with E-state index in [9.17, 15) is 13.2 Å². The van der Waals surface area contributed by atoms with Crippen LogP contribution in [0.5, 0.6) is 5.75 Å². The zero-order chi connectivity index (χ0) is 11.7. The van der Waals surface area contributed by atoms with Crippen LogP contribution in [0.4, 0.5) is 13.2 Å². The fourth-order valence-electron chi connectivity index (χ4n) is 1.07. The predicted molar refractivity (Wildman–Crippen MR) is 51.8 cm³/mol. The summed E-state index contributed by atoms with van der Waals surface area (Å²) in [4.78, 5) is 0. The van der Waals surface area contributed by atoms with Crippen molar-refractivity contribution in [1.29, 1.82) is 0 Å². The molecule has 0 atom stereocenters. The van der Waals surface area contributed by atoms with Crippen LogP contribution in [0.1, 0.15) is 26.3 Å². The summed E-state index contributed by atoms with van der Waals surface area (Å²) in [7, 11) is 0. The Kier molecular flexibility index (Phi) is 2.98. The lowest BCUT2D eigenvalue weighted by atomic mass is 10.1. The average molecular weight is 218 g/mol. The number of benzene rings is 1. The van der Waals surface area contributed by atoms with Gasteiger partial charge in [-0.2, -0.15) is 13.2 Å². The van der Waals surface area contributed by atoms with Gasteiger partial charge in [-0.15, -0.1) is 0 Å². The van der Waals surface area contributed by atoms with Crippen LogP contribution in [-0.4, -0.2) is 5.60 Å². The number of hydrogen-bond donors (Lipinski definition) is 0. The minimum Gasteiger partial charge on any atom is -0.488 e. The summed E-state index contributed by atoms with van der Waals surface area (Å²) in [5, 5.41) is 0. The molecule has 15 heavy (non-hydrogen) atoms. The van der Waals surface area contributed by atoms with E-state index in [0.717, 1.165) is 12.1 Å². The molecule has 0 heterocycles. The minimum atomic E-state index is -4.29. The Labute approximate surface area is 86.9 Å². The standard InChI is InChI=1S/C11H13F3O/c1-10(2,3)15-9-6-4-8(5-7-9)11(12,13)14/h4-7H,1-3H3. The first-order valence-electron chi connectivity index (χ1n) is 4.55. The molecule has 0 unspecified atom stereocenters. The maximum Gasteiger partial charge on any atom is 0.416 e. The van der Waals surface area contributed by atoms with Crippen molar-refractivity contribution >= 4 is 0 Å². The molecule has 4 heteroatoms. The quantitative estimate of drug-likeness (QED) is 0.695. The van der Waals surface area contributed by atoms with Gasteiger partial charge >= 0.3 is 6.18 Å². The first-order valence-corrected chi connectivity index (χ1v) is 4.55. The fraction of sp³-hybridized carbons (Fsp3) is 0.455. The maximum absolute atomic E-state index is 12.2. The molecule has 0 bridgehead atoms. The number of rotatable bonds is 1. The number of halogens is 3. The molecule has 0 N–H and O–H groups in total. The van der Waals surface area contributed by atoms with E-state index >= 15 is 0 Å². The molecule has 0 saturated heterocycles. The van der Waals surface area contributed by atoms with Crippen molar-refractivity contribution in [2.24, 2.45) is 0 Å². The van der Waals surface area contributed by atoms with Crippen LogP contribution in [0.15, 0.2) is 24.3 Å². The van der Waals surface area contributed by atoms with Gasteiger partial charge in [0.05, 0.1) is 5.56 Å². The summed E-state index contributed by atoms with van der Waals surface area (Å²) < 4.78 is 42.1. The Bertz CT molecular complexity index is 319. The second kappa shape index (κ2) is 3.76. The van der Waals surface area contributed by atoms with Crippen LogP contribution in [0.3, 0.4) is 0 Å². The van der Waals surface area contributed by atoms with Crippen molar-refractivity contribution in [2.75, 3.05) is 0 Å². The molecule has 0 spiro atoms. The van der Waals surface area contributed by atoms with Crippen LogP contribution < -0.4 is 4.74 Å². The summed E-state index contributed by atoms with van der Waals surface area (Å²) in [6.07, 6.45) is -4.29. The molecule has 1 nitrogen and oxygen atoms in total. The molecule has 0 aliphatic carbocycles. The molecule has 0 saturated carbocycles. The van der Waals surface area contributed by atoms with Crippen molar-refractivity contribution in [1.82, 2.24) is 0 Å². The highest BCUT2D eigenvalue weighted by molar-refractivity contribution is 5.29. The number of hydrogen-bond acceptors (Lipinski definition) is 1. The molecule has 1 aromatic carbocycles. The van der Waals surface area contributed by atoms with Gasteiger partial charge in [0.25, 0.3) is 0 Å². The first-order chi connectivity index (χ1) is 6.68. The Hall–Kier alpha value is -1.19. The van der Waals surface area contributed by atoms with Gasteiger partial charge in [-0.25, -0.2) is 0 Å². The van der Waals surface area contributed by atoms with Gasteiger partial charge in [0.15, 0.2) is 0 Å². The van der Waals surface area contributed by atoms with Crippen LogP contribution in [0, 0.1) is 0 Å². The predicted octanol–water partition coefficient (Wildman–Crippen LogP) is 3.88. The van der Waals surface area contributed by atoms with Crippen LogP contribution in [-0.2, 0) is 6.18 Å². The fourth-order valence-corrected chi connectivity index (χ4v) is 1.07. The molecule has 84 valence electrons. The van der Waals surface area contributed by atoms with Gasteiger partial charge in [0, 0.05) is 0 Å². The smallest absolute Gasteiger partial charge is 0.416 e. The third-order valence-corrected chi connectivity index (χ3v) is 1.61. The van der Waals surface area contributed by atoms with Crippen LogP contribution in [0.2, 0.25) is 0 Å². The molecule has 1 aromatic rings. The summed E-state index contributed by atoms with van der Waals surface area (Å²) >= 11 is 0. The largest absolute Gasteiger partial charge is 0.488 e. The van der Waals surface area contributed by atoms with Crippen molar-refractivity contribution in [3.8, 4) is 5.75 Å². The Morgan fingerprint density at radius 1 is 0.933 bits per heavy atom. The molecule has 0 radical (unpaired) electrons. The summed E-state index contributed by atoms with van der Waals surface area (Å²) in [6, 6.07) is 4.68. The monoisotopic (exact) mass is 218 g/mol. The molecular formula is C11H13F3O. The van der Waals surface area contributed by atoms with Crippen LogP contribution in [0.25, 0.3) is 0 Å². The lowest BCUT2D eigenvalue weighted by Crippen LogP contribution is -2.22. The minimum absolute atomic E-state index is 0.403. The van der Waals surface area contributed by atoms with E-state index in [0.29, 0.717) is 5.75 Å². The van der Waals surface area contributed by atoms with Gasteiger partial charge in [0.1, 0.15) is 11.4 Å². The lowest BCUT2D eigenvalue weighted by Gasteiger charge is -2.21. The lowest BCUT2D eigenvalue weighted by molar-refractivity contribution is -0.137. The Morgan fingerprint density at radius 2 is 1.40 bits per heavy atom. The first kappa shape index (κ1) is 11.9. The molecule has 1 rings (SSSR count). The van der Waals surface area contributed by atoms with E-state index in [-0.39, 0.29) is 0 Å². The molecule has 0 aliphatic rings. The number of ether oxygens (including phenoxy) is 1. The second-order valence-corrected chi connectivity index (χ2v) is 4.24. The van der Waals surface area contributed by atoms with E-state index in [4.69, 9.17) is 4.74 Å². The van der Waals surface area contributed by atoms with Gasteiger partial charge in [0.2, 0.25) is 0 Å². The number of alkyl halides is 3. The third kappa shape index (κ3) is 3.81. The molecule has 0 aliphatic heterocycles. The summed E-state index contributed by atoms with van der Waals surface area (Å²) in [5.41, 5.74) is -1.07. The molecule has 0 amide bonds. The van der Waals surface area contributed by atoms with Gasteiger partial charge in [-0.1, -0.05) is 0 Å². The van der Waals surface area contributed by atoms with Gasteiger partial charge in [-0.05, 0) is 45.0 Å². The normalized spacial score (nSPS) is 12.7. The summed E-state index contributed by atoms with van der Waals surface area (Å²) in [5.74, 6) is 0.440. The highest BCUT2D eigenvalue weighted by Crippen LogP contribution is 2.30. The molecule has 0 aromatic heterocycles. The molecular weight excluding hydrogens is 205 g/mol. The summed E-state index contributed by atoms with van der Waals surface area (Å²) in [6.45, 7) is 5.51. The second-order valence-electron chi connectivity index (χ2n) is 4.24. The van der Waals surface area contributed by atoms with Crippen molar-refractivity contribution < 1.29 is 17.9 Å². The topological polar surface area (TPSA) is 9.23 Å². The zero-order valence-corrected chi connectivity index (χ0v) is 8.85. The van der Waals surface area contributed by atoms with E-state index < -0.39 is 17.3 Å². The van der Waals surface area contributed by atoms with Crippen molar-refractivity contribution in [3.63, 3.8) is 0 Å². The van der Waals surface area contributed by atoms with E-state index in [1.165, 1.54) is 12.1 Å². The van der Waals surface area contributed by atoms with Gasteiger partial charge < -0.3 is 4.74 Å². The highest BCUT2D eigenvalue weighted by atomic mass is 19.4. The Morgan fingerprint density at radius 3 is 1.73 bits per heavy atom. The maximum atomic E-state index is 12.2. The van der Waals surface area contributed by atoms with Crippen molar-refractivity contribution in [3.05, 3.63) is 29.8 Å². The SMILES string of the molecule is CC(C)(C)Oc1ccc(C(F)(F)F)cc1. The zero-order valence-electron chi connectivity index (χ0n) is 8.85. The highest BCUT2D eigenvalue weighted by Gasteiger charge is 2.30. The van der Waals surface area contributed by atoms with E-state index in [2.05, 4.69) is 0 Å². The van der Waals surface area contributed by atoms with Crippen molar-refractivity contribution in [2.45, 2.75) is 32.5 Å². The third-order valence-electron chi connectivity index (χ3n) is 1.61. The molecule has 0 fully saturated rings. The average Bonchev–Trinajstić information content (AvgIpc) is 2.00. The Balaban J connectivity index is 2.82. The van der Waals surface area contributed by atoms with E-state index in [1.807, 2.05) is 20.8 Å². The van der Waals surface area contributed by atoms with Crippen LogP contribution >= 0.6 is 0 Å².